The van der Waals surface area contributed by atoms with Gasteiger partial charge in [-0.3, -0.25) is 14.0 Å². The maximum atomic E-state index is 13.7. The summed E-state index contributed by atoms with van der Waals surface area (Å²) in [5, 5.41) is 0. The summed E-state index contributed by atoms with van der Waals surface area (Å²) >= 11 is 0. The standard InChI is InChI=1S/C9H17BF3O6P3/c1-2-7-3-9(10)4-8(7)5-18-20(11,14)6-21(12,15)19-22(13,16)17/h7-9H,2-6H2,1H3,(H,16,17). The van der Waals surface area contributed by atoms with Crippen LogP contribution in [0.1, 0.15) is 26.2 Å². The molecular weight excluding hydrogens is 365 g/mol. The predicted octanol–water partition coefficient (Wildman–Crippen LogP) is 4.77. The van der Waals surface area contributed by atoms with Crippen molar-refractivity contribution >= 4 is 31.1 Å². The molecule has 1 rings (SSSR count). The first-order chi connectivity index (χ1) is 9.84. The number of halogens is 3. The summed E-state index contributed by atoms with van der Waals surface area (Å²) in [4.78, 5) is 8.14. The van der Waals surface area contributed by atoms with E-state index in [2.05, 4.69) is 8.83 Å². The van der Waals surface area contributed by atoms with Crippen LogP contribution in [0, 0.1) is 11.8 Å². The van der Waals surface area contributed by atoms with Crippen LogP contribution in [0.2, 0.25) is 5.82 Å². The third kappa shape index (κ3) is 7.33. The van der Waals surface area contributed by atoms with Gasteiger partial charge in [0, 0.05) is 0 Å². The summed E-state index contributed by atoms with van der Waals surface area (Å²) in [5.74, 6) is -2.06. The molecule has 1 saturated carbocycles. The second kappa shape index (κ2) is 7.54. The van der Waals surface area contributed by atoms with E-state index in [-0.39, 0.29) is 24.3 Å². The second-order valence-electron chi connectivity index (χ2n) is 5.31. The average molecular weight is 382 g/mol. The van der Waals surface area contributed by atoms with Crippen LogP contribution >= 0.6 is 23.3 Å². The molecule has 1 fully saturated rings. The van der Waals surface area contributed by atoms with Gasteiger partial charge in [-0.15, -0.1) is 4.20 Å². The lowest BCUT2D eigenvalue weighted by molar-refractivity contribution is 0.201. The summed E-state index contributed by atoms with van der Waals surface area (Å²) in [7, 11) is -11.1. The monoisotopic (exact) mass is 382 g/mol. The highest BCUT2D eigenvalue weighted by molar-refractivity contribution is 7.74. The first kappa shape index (κ1) is 20.5. The van der Waals surface area contributed by atoms with Crippen LogP contribution in [0.3, 0.4) is 0 Å². The molecular formula is C9H17BF3O6P3. The minimum Gasteiger partial charge on any atom is -0.305 e. The Morgan fingerprint density at radius 3 is 2.18 bits per heavy atom. The van der Waals surface area contributed by atoms with Gasteiger partial charge in [0.05, 0.1) is 14.5 Å². The Labute approximate surface area is 128 Å². The molecule has 0 aliphatic heterocycles. The van der Waals surface area contributed by atoms with E-state index in [9.17, 15) is 26.3 Å². The molecule has 2 radical (unpaired) electrons. The van der Waals surface area contributed by atoms with E-state index in [1.54, 1.807) is 0 Å². The normalized spacial score (nSPS) is 33.8. The zero-order chi connectivity index (χ0) is 17.2. The van der Waals surface area contributed by atoms with E-state index < -0.39 is 29.2 Å². The molecule has 0 aromatic rings. The first-order valence-corrected chi connectivity index (χ1v) is 11.4. The van der Waals surface area contributed by atoms with Crippen molar-refractivity contribution in [1.82, 2.24) is 0 Å². The lowest BCUT2D eigenvalue weighted by Gasteiger charge is -2.19. The molecule has 13 heteroatoms. The van der Waals surface area contributed by atoms with Gasteiger partial charge in [0.2, 0.25) is 0 Å². The molecule has 0 spiro atoms. The van der Waals surface area contributed by atoms with Crippen LogP contribution in [-0.2, 0) is 22.5 Å². The van der Waals surface area contributed by atoms with Crippen molar-refractivity contribution in [3.05, 3.63) is 0 Å². The minimum atomic E-state index is -5.93. The summed E-state index contributed by atoms with van der Waals surface area (Å²) in [6.07, 6.45) is 1.96. The average Bonchev–Trinajstić information content (AvgIpc) is 2.62. The Kier molecular flexibility index (Phi) is 7.02. The van der Waals surface area contributed by atoms with Crippen LogP contribution in [-0.4, -0.2) is 25.2 Å². The van der Waals surface area contributed by atoms with E-state index in [1.165, 1.54) is 0 Å². The summed E-state index contributed by atoms with van der Waals surface area (Å²) < 4.78 is 79.4. The van der Waals surface area contributed by atoms with Crippen molar-refractivity contribution in [2.45, 2.75) is 32.0 Å². The van der Waals surface area contributed by atoms with E-state index in [4.69, 9.17) is 12.7 Å². The van der Waals surface area contributed by atoms with Gasteiger partial charge in [-0.05, 0) is 11.8 Å². The maximum Gasteiger partial charge on any atom is 0.517 e. The Hall–Kier alpha value is 0.425. The van der Waals surface area contributed by atoms with Gasteiger partial charge in [-0.25, -0.2) is 8.88 Å². The molecule has 1 aliphatic rings. The lowest BCUT2D eigenvalue weighted by Crippen LogP contribution is -2.13. The minimum absolute atomic E-state index is 0.0973. The molecule has 1 aliphatic carbocycles. The van der Waals surface area contributed by atoms with E-state index >= 15 is 0 Å². The first-order valence-electron chi connectivity index (χ1n) is 6.55. The largest absolute Gasteiger partial charge is 0.517 e. The summed E-state index contributed by atoms with van der Waals surface area (Å²) in [6.45, 7) is 1.57. The zero-order valence-corrected chi connectivity index (χ0v) is 14.5. The van der Waals surface area contributed by atoms with Crippen molar-refractivity contribution in [1.29, 1.82) is 0 Å². The Balaban J connectivity index is 2.59. The summed E-state index contributed by atoms with van der Waals surface area (Å²) in [5.41, 5.74) is 0. The van der Waals surface area contributed by atoms with Crippen LogP contribution < -0.4 is 0 Å². The van der Waals surface area contributed by atoms with E-state index in [0.717, 1.165) is 6.42 Å². The topological polar surface area (TPSA) is 89.9 Å². The third-order valence-electron chi connectivity index (χ3n) is 3.44. The molecule has 6 atom stereocenters. The van der Waals surface area contributed by atoms with Crippen molar-refractivity contribution in [2.24, 2.45) is 11.8 Å². The molecule has 0 saturated heterocycles. The van der Waals surface area contributed by atoms with Crippen molar-refractivity contribution < 1.29 is 40.0 Å². The summed E-state index contributed by atoms with van der Waals surface area (Å²) in [6, 6.07) is 0. The fraction of sp³-hybridized carbons (Fsp3) is 1.00. The van der Waals surface area contributed by atoms with Crippen molar-refractivity contribution in [2.75, 3.05) is 12.5 Å². The Morgan fingerprint density at radius 2 is 1.68 bits per heavy atom. The van der Waals surface area contributed by atoms with Gasteiger partial charge < -0.3 is 4.52 Å². The molecule has 0 bridgehead atoms. The highest BCUT2D eigenvalue weighted by atomic mass is 31.3. The zero-order valence-electron chi connectivity index (χ0n) is 11.8. The van der Waals surface area contributed by atoms with Crippen LogP contribution in [0.25, 0.3) is 0 Å². The van der Waals surface area contributed by atoms with Gasteiger partial charge in [-0.1, -0.05) is 32.0 Å². The highest BCUT2D eigenvalue weighted by Crippen LogP contribution is 2.71. The van der Waals surface area contributed by atoms with E-state index in [1.807, 2.05) is 6.92 Å². The molecule has 0 heterocycles. The van der Waals surface area contributed by atoms with Crippen LogP contribution in [0.5, 0.6) is 0 Å². The van der Waals surface area contributed by atoms with Gasteiger partial charge in [0.1, 0.15) is 0 Å². The second-order valence-corrected chi connectivity index (χ2v) is 10.6. The molecule has 0 aromatic carbocycles. The maximum absolute atomic E-state index is 13.7. The predicted molar refractivity (Wildman–Crippen MR) is 76.3 cm³/mol. The fourth-order valence-electron chi connectivity index (χ4n) is 2.59. The third-order valence-corrected chi connectivity index (χ3v) is 8.46. The smallest absolute Gasteiger partial charge is 0.305 e. The number of rotatable bonds is 8. The fourth-order valence-corrected chi connectivity index (χ4v) is 6.82. The molecule has 6 nitrogen and oxygen atoms in total. The van der Waals surface area contributed by atoms with E-state index in [0.29, 0.717) is 12.8 Å². The molecule has 128 valence electrons. The molecule has 0 aromatic heterocycles. The van der Waals surface area contributed by atoms with Gasteiger partial charge >= 0.3 is 23.3 Å². The molecule has 1 N–H and O–H groups in total. The number of hydrogen-bond donors (Lipinski definition) is 1. The SMILES string of the molecule is [B]C1CC(CC)C(COP(=O)(F)CP(=O)(F)OP(=O)(O)F)C1. The van der Waals surface area contributed by atoms with Crippen molar-refractivity contribution in [3.8, 4) is 0 Å². The molecule has 0 amide bonds. The van der Waals surface area contributed by atoms with Crippen LogP contribution in [0.15, 0.2) is 0 Å². The lowest BCUT2D eigenvalue weighted by atomic mass is 9.85. The van der Waals surface area contributed by atoms with Gasteiger partial charge in [0.15, 0.2) is 5.90 Å². The number of hydrogen-bond acceptors (Lipinski definition) is 5. The van der Waals surface area contributed by atoms with Crippen molar-refractivity contribution in [3.63, 3.8) is 0 Å². The highest BCUT2D eigenvalue weighted by Gasteiger charge is 2.43. The Morgan fingerprint density at radius 1 is 1.14 bits per heavy atom. The molecule has 6 unspecified atom stereocenters. The van der Waals surface area contributed by atoms with Gasteiger partial charge in [-0.2, -0.15) is 8.39 Å². The molecule has 22 heavy (non-hydrogen) atoms. The van der Waals surface area contributed by atoms with Crippen LogP contribution in [0.4, 0.5) is 12.6 Å². The quantitative estimate of drug-likeness (QED) is 0.481. The Bertz CT molecular complexity index is 529. The van der Waals surface area contributed by atoms with Gasteiger partial charge in [0.25, 0.3) is 0 Å².